The maximum absolute atomic E-state index is 5.03. The summed E-state index contributed by atoms with van der Waals surface area (Å²) in [6, 6.07) is 77.4. The zero-order valence-electron chi connectivity index (χ0n) is 34.0. The Labute approximate surface area is 362 Å². The van der Waals surface area contributed by atoms with E-state index in [9.17, 15) is 0 Å². The van der Waals surface area contributed by atoms with Crippen molar-refractivity contribution in [2.75, 3.05) is 0 Å². The first-order valence-corrected chi connectivity index (χ1v) is 21.3. The van der Waals surface area contributed by atoms with E-state index in [1.54, 1.807) is 0 Å². The summed E-state index contributed by atoms with van der Waals surface area (Å²) < 4.78 is 7.34. The highest BCUT2D eigenvalue weighted by Gasteiger charge is 2.24. The minimum absolute atomic E-state index is 0.629. The van der Waals surface area contributed by atoms with Crippen molar-refractivity contribution in [3.8, 4) is 51.2 Å². The summed E-state index contributed by atoms with van der Waals surface area (Å²) in [7, 11) is 0. The number of nitrogens with zero attached hydrogens (tertiary/aromatic N) is 6. The molecule has 0 atom stereocenters. The Balaban J connectivity index is 1.05. The van der Waals surface area contributed by atoms with Crippen molar-refractivity contribution in [2.24, 2.45) is 0 Å². The molecule has 13 rings (SSSR count). The summed E-state index contributed by atoms with van der Waals surface area (Å²) in [4.78, 5) is 15.0. The third-order valence-corrected chi connectivity index (χ3v) is 12.5. The van der Waals surface area contributed by atoms with E-state index in [0.29, 0.717) is 17.5 Å². The molecule has 4 heterocycles. The molecule has 0 unspecified atom stereocenters. The molecule has 9 aromatic carbocycles. The molecule has 0 aliphatic rings. The lowest BCUT2D eigenvalue weighted by atomic mass is 10.1. The lowest BCUT2D eigenvalue weighted by molar-refractivity contribution is 1.07. The summed E-state index contributed by atoms with van der Waals surface area (Å²) in [6.45, 7) is 0. The predicted molar refractivity (Wildman–Crippen MR) is 259 cm³/mol. The smallest absolute Gasteiger partial charge is 0.164 e. The molecule has 13 aromatic rings. The maximum atomic E-state index is 5.03. The fourth-order valence-corrected chi connectivity index (χ4v) is 9.76. The van der Waals surface area contributed by atoms with Crippen LogP contribution in [0.4, 0.5) is 0 Å². The number of aromatic nitrogens is 6. The van der Waals surface area contributed by atoms with Gasteiger partial charge >= 0.3 is 0 Å². The van der Waals surface area contributed by atoms with Crippen LogP contribution in [0.2, 0.25) is 0 Å². The van der Waals surface area contributed by atoms with Crippen LogP contribution in [-0.2, 0) is 0 Å². The highest BCUT2D eigenvalue weighted by Crippen LogP contribution is 2.44. The quantitative estimate of drug-likeness (QED) is 0.168. The second-order valence-electron chi connectivity index (χ2n) is 16.0. The van der Waals surface area contributed by atoms with Gasteiger partial charge in [-0.2, -0.15) is 0 Å². The van der Waals surface area contributed by atoms with Gasteiger partial charge in [0.2, 0.25) is 0 Å². The molecule has 0 amide bonds. The van der Waals surface area contributed by atoms with E-state index in [4.69, 9.17) is 15.0 Å². The molecule has 0 radical (unpaired) electrons. The third-order valence-electron chi connectivity index (χ3n) is 12.5. The molecule has 6 nitrogen and oxygen atoms in total. The largest absolute Gasteiger partial charge is 0.309 e. The standard InChI is InChI=1S/C57H36N6/c1-4-17-37(18-5-1)55-58-56(38-19-6-2-7-20-38)60-57(59-55)39-31-33-41(34-32-39)62-48-28-14-11-24-43(48)45-35-36-50-52(54(45)62)46-25-12-15-29-49(46)63(50)51-30-16-26-44-42-23-10-13-27-47(42)61(53(44)51)40-21-8-3-9-22-40/h1-36H. The van der Waals surface area contributed by atoms with Crippen LogP contribution < -0.4 is 0 Å². The molecule has 4 aromatic heterocycles. The Morgan fingerprint density at radius 3 is 1.27 bits per heavy atom. The number of fused-ring (bicyclic) bond motifs is 10. The molecule has 0 bridgehead atoms. The van der Waals surface area contributed by atoms with E-state index in [0.717, 1.165) is 50.3 Å². The first-order valence-electron chi connectivity index (χ1n) is 21.3. The van der Waals surface area contributed by atoms with Gasteiger partial charge < -0.3 is 13.7 Å². The van der Waals surface area contributed by atoms with Gasteiger partial charge in [-0.1, -0.05) is 152 Å². The topological polar surface area (TPSA) is 53.5 Å². The Bertz CT molecular complexity index is 3820. The molecule has 0 N–H and O–H groups in total. The molecule has 0 saturated heterocycles. The fourth-order valence-electron chi connectivity index (χ4n) is 9.76. The monoisotopic (exact) mass is 804 g/mol. The third kappa shape index (κ3) is 5.41. The first-order chi connectivity index (χ1) is 31.3. The van der Waals surface area contributed by atoms with Gasteiger partial charge in [0.25, 0.3) is 0 Å². The van der Waals surface area contributed by atoms with Gasteiger partial charge in [0.05, 0.1) is 38.8 Å². The Kier molecular flexibility index (Phi) is 7.80. The van der Waals surface area contributed by atoms with Gasteiger partial charge in [-0.25, -0.2) is 15.0 Å². The van der Waals surface area contributed by atoms with E-state index in [1.165, 1.54) is 48.9 Å². The van der Waals surface area contributed by atoms with Crippen LogP contribution in [0.1, 0.15) is 0 Å². The Hall–Kier alpha value is -8.61. The van der Waals surface area contributed by atoms with Crippen LogP contribution in [0.25, 0.3) is 117 Å². The van der Waals surface area contributed by atoms with Gasteiger partial charge in [0, 0.05) is 60.4 Å². The summed E-state index contributed by atoms with van der Waals surface area (Å²) in [5.41, 5.74) is 13.1. The summed E-state index contributed by atoms with van der Waals surface area (Å²) >= 11 is 0. The van der Waals surface area contributed by atoms with Crippen molar-refractivity contribution >= 4 is 65.4 Å². The van der Waals surface area contributed by atoms with E-state index < -0.39 is 0 Å². The second kappa shape index (κ2) is 14.0. The number of rotatable bonds is 6. The van der Waals surface area contributed by atoms with Crippen LogP contribution in [0.3, 0.4) is 0 Å². The highest BCUT2D eigenvalue weighted by molar-refractivity contribution is 6.26. The van der Waals surface area contributed by atoms with Gasteiger partial charge in [-0.3, -0.25) is 0 Å². The van der Waals surface area contributed by atoms with E-state index >= 15 is 0 Å². The van der Waals surface area contributed by atoms with Crippen LogP contribution in [0.15, 0.2) is 218 Å². The van der Waals surface area contributed by atoms with Crippen molar-refractivity contribution in [1.82, 2.24) is 28.7 Å². The van der Waals surface area contributed by atoms with Gasteiger partial charge in [0.1, 0.15) is 0 Å². The van der Waals surface area contributed by atoms with Crippen molar-refractivity contribution in [3.63, 3.8) is 0 Å². The lowest BCUT2D eigenvalue weighted by Crippen LogP contribution is -2.01. The lowest BCUT2D eigenvalue weighted by Gasteiger charge is -2.14. The molecule has 294 valence electrons. The molecule has 63 heavy (non-hydrogen) atoms. The summed E-state index contributed by atoms with van der Waals surface area (Å²) in [6.07, 6.45) is 0. The number of para-hydroxylation sites is 5. The maximum Gasteiger partial charge on any atom is 0.164 e. The van der Waals surface area contributed by atoms with Crippen molar-refractivity contribution < 1.29 is 0 Å². The molecule has 6 heteroatoms. The minimum atomic E-state index is 0.629. The fraction of sp³-hybridized carbons (Fsp3) is 0. The normalized spacial score (nSPS) is 11.8. The van der Waals surface area contributed by atoms with E-state index in [1.807, 2.05) is 60.7 Å². The van der Waals surface area contributed by atoms with Crippen LogP contribution in [-0.4, -0.2) is 28.7 Å². The minimum Gasteiger partial charge on any atom is -0.309 e. The van der Waals surface area contributed by atoms with E-state index in [2.05, 4.69) is 171 Å². The molecular formula is C57H36N6. The second-order valence-corrected chi connectivity index (χ2v) is 16.0. The average Bonchev–Trinajstić information content (AvgIpc) is 4.01. The number of hydrogen-bond acceptors (Lipinski definition) is 3. The van der Waals surface area contributed by atoms with Gasteiger partial charge in [0.15, 0.2) is 17.5 Å². The Morgan fingerprint density at radius 1 is 0.254 bits per heavy atom. The van der Waals surface area contributed by atoms with Crippen molar-refractivity contribution in [1.29, 1.82) is 0 Å². The number of hydrogen-bond donors (Lipinski definition) is 0. The Morgan fingerprint density at radius 2 is 0.683 bits per heavy atom. The van der Waals surface area contributed by atoms with Gasteiger partial charge in [-0.15, -0.1) is 0 Å². The molecule has 0 spiro atoms. The van der Waals surface area contributed by atoms with Crippen LogP contribution in [0, 0.1) is 0 Å². The van der Waals surface area contributed by atoms with Gasteiger partial charge in [-0.05, 0) is 66.7 Å². The molecule has 0 aliphatic carbocycles. The molecule has 0 saturated carbocycles. The van der Waals surface area contributed by atoms with E-state index in [-0.39, 0.29) is 0 Å². The van der Waals surface area contributed by atoms with Crippen molar-refractivity contribution in [2.45, 2.75) is 0 Å². The molecule has 0 fully saturated rings. The summed E-state index contributed by atoms with van der Waals surface area (Å²) in [5, 5.41) is 7.27. The SMILES string of the molecule is c1ccc(-c2nc(-c3ccccc3)nc(-c3ccc(-n4c5ccccc5c5ccc6c(c7ccccc7n6-c6cccc7c8ccccc8n(-c8ccccc8)c67)c54)cc3)n2)cc1. The van der Waals surface area contributed by atoms with Crippen molar-refractivity contribution in [3.05, 3.63) is 218 Å². The molecular weight excluding hydrogens is 769 g/mol. The zero-order chi connectivity index (χ0) is 41.4. The van der Waals surface area contributed by atoms with Crippen LogP contribution >= 0.6 is 0 Å². The first kappa shape index (κ1) is 35.2. The average molecular weight is 805 g/mol. The predicted octanol–water partition coefficient (Wildman–Crippen LogP) is 14.2. The zero-order valence-corrected chi connectivity index (χ0v) is 34.0. The summed E-state index contributed by atoms with van der Waals surface area (Å²) in [5.74, 6) is 1.91. The molecule has 0 aliphatic heterocycles. The highest BCUT2D eigenvalue weighted by atomic mass is 15.1. The van der Waals surface area contributed by atoms with Crippen LogP contribution in [0.5, 0.6) is 0 Å². The number of benzene rings is 9.